The Balaban J connectivity index is 2.15. The molecular formula is C17H15F3N2O2. The third-order valence-electron chi connectivity index (χ3n) is 3.18. The Kier molecular flexibility index (Phi) is 5.23. The van der Waals surface area contributed by atoms with Crippen LogP contribution in [0.4, 0.5) is 24.5 Å². The fourth-order valence-electron chi connectivity index (χ4n) is 1.96. The predicted molar refractivity (Wildman–Crippen MR) is 84.8 cm³/mol. The van der Waals surface area contributed by atoms with E-state index in [0.29, 0.717) is 12.1 Å². The summed E-state index contributed by atoms with van der Waals surface area (Å²) in [6.07, 6.45) is -4.19. The third-order valence-corrected chi connectivity index (χ3v) is 3.18. The Bertz CT molecular complexity index is 757. The van der Waals surface area contributed by atoms with E-state index in [-0.39, 0.29) is 17.2 Å². The average Bonchev–Trinajstić information content (AvgIpc) is 2.54. The van der Waals surface area contributed by atoms with Crippen molar-refractivity contribution in [3.8, 4) is 0 Å². The summed E-state index contributed by atoms with van der Waals surface area (Å²) in [7, 11) is 0. The number of rotatable bonds is 4. The largest absolute Gasteiger partial charge is 0.416 e. The van der Waals surface area contributed by atoms with E-state index in [1.54, 1.807) is 19.1 Å². The van der Waals surface area contributed by atoms with Gasteiger partial charge in [-0.1, -0.05) is 19.1 Å². The van der Waals surface area contributed by atoms with Gasteiger partial charge in [-0.05, 0) is 36.4 Å². The van der Waals surface area contributed by atoms with Crippen LogP contribution in [0.1, 0.15) is 29.3 Å². The van der Waals surface area contributed by atoms with Crippen molar-refractivity contribution in [1.29, 1.82) is 0 Å². The maximum absolute atomic E-state index is 12.7. The molecule has 0 heterocycles. The molecular weight excluding hydrogens is 321 g/mol. The van der Waals surface area contributed by atoms with Crippen LogP contribution in [-0.2, 0) is 11.0 Å². The second-order valence-corrected chi connectivity index (χ2v) is 5.02. The molecule has 2 N–H and O–H groups in total. The van der Waals surface area contributed by atoms with Gasteiger partial charge in [0.15, 0.2) is 0 Å². The first-order valence-corrected chi connectivity index (χ1v) is 7.18. The number of carbonyl (C=O) groups excluding carboxylic acids is 2. The van der Waals surface area contributed by atoms with E-state index in [9.17, 15) is 22.8 Å². The van der Waals surface area contributed by atoms with Gasteiger partial charge >= 0.3 is 6.18 Å². The molecule has 0 unspecified atom stereocenters. The number of halogens is 3. The molecule has 0 fully saturated rings. The number of nitrogens with one attached hydrogen (secondary N) is 2. The second-order valence-electron chi connectivity index (χ2n) is 5.02. The molecule has 0 saturated heterocycles. The van der Waals surface area contributed by atoms with Crippen molar-refractivity contribution in [2.45, 2.75) is 19.5 Å². The van der Waals surface area contributed by atoms with Crippen molar-refractivity contribution in [2.75, 3.05) is 10.6 Å². The molecule has 126 valence electrons. The SMILES string of the molecule is CCC(=O)Nc1cccc(C(=O)Nc2cccc(C(F)(F)F)c2)c1. The minimum atomic E-state index is -4.48. The van der Waals surface area contributed by atoms with Crippen LogP contribution in [0.3, 0.4) is 0 Å². The first-order valence-electron chi connectivity index (χ1n) is 7.18. The molecule has 0 aliphatic carbocycles. The van der Waals surface area contributed by atoms with E-state index in [1.165, 1.54) is 24.3 Å². The van der Waals surface area contributed by atoms with Gasteiger partial charge in [0, 0.05) is 23.4 Å². The lowest BCUT2D eigenvalue weighted by Crippen LogP contribution is -2.14. The van der Waals surface area contributed by atoms with Crippen LogP contribution >= 0.6 is 0 Å². The van der Waals surface area contributed by atoms with Gasteiger partial charge in [-0.25, -0.2) is 0 Å². The summed E-state index contributed by atoms with van der Waals surface area (Å²) in [5.74, 6) is -0.771. The van der Waals surface area contributed by atoms with Crippen molar-refractivity contribution in [1.82, 2.24) is 0 Å². The number of hydrogen-bond acceptors (Lipinski definition) is 2. The van der Waals surface area contributed by atoms with Crippen LogP contribution in [0.15, 0.2) is 48.5 Å². The van der Waals surface area contributed by atoms with Crippen LogP contribution in [0.25, 0.3) is 0 Å². The van der Waals surface area contributed by atoms with Crippen molar-refractivity contribution in [3.63, 3.8) is 0 Å². The van der Waals surface area contributed by atoms with E-state index in [1.807, 2.05) is 0 Å². The van der Waals surface area contributed by atoms with E-state index in [2.05, 4.69) is 10.6 Å². The smallest absolute Gasteiger partial charge is 0.326 e. The lowest BCUT2D eigenvalue weighted by molar-refractivity contribution is -0.137. The normalized spacial score (nSPS) is 11.0. The first-order chi connectivity index (χ1) is 11.3. The summed E-state index contributed by atoms with van der Waals surface area (Å²) >= 11 is 0. The molecule has 0 bridgehead atoms. The zero-order valence-electron chi connectivity index (χ0n) is 12.8. The molecule has 0 aliphatic rings. The van der Waals surface area contributed by atoms with Crippen molar-refractivity contribution < 1.29 is 22.8 Å². The molecule has 2 rings (SSSR count). The standard InChI is InChI=1S/C17H15F3N2O2/c1-2-15(23)21-13-7-3-5-11(9-13)16(24)22-14-8-4-6-12(10-14)17(18,19)20/h3-10H,2H2,1H3,(H,21,23)(H,22,24). The van der Waals surface area contributed by atoms with E-state index >= 15 is 0 Å². The minimum Gasteiger partial charge on any atom is -0.326 e. The van der Waals surface area contributed by atoms with E-state index < -0.39 is 17.6 Å². The number of alkyl halides is 3. The molecule has 0 aliphatic heterocycles. The predicted octanol–water partition coefficient (Wildman–Crippen LogP) is 4.31. The Morgan fingerprint density at radius 1 is 0.958 bits per heavy atom. The summed E-state index contributed by atoms with van der Waals surface area (Å²) in [4.78, 5) is 23.5. The summed E-state index contributed by atoms with van der Waals surface area (Å²) in [6, 6.07) is 10.5. The van der Waals surface area contributed by atoms with Gasteiger partial charge in [-0.2, -0.15) is 13.2 Å². The molecule has 2 aromatic rings. The highest BCUT2D eigenvalue weighted by Gasteiger charge is 2.30. The Labute approximate surface area is 136 Å². The molecule has 24 heavy (non-hydrogen) atoms. The van der Waals surface area contributed by atoms with Crippen LogP contribution < -0.4 is 10.6 Å². The summed E-state index contributed by atoms with van der Waals surface area (Å²) in [6.45, 7) is 1.69. The van der Waals surface area contributed by atoms with E-state index in [4.69, 9.17) is 0 Å². The van der Waals surface area contributed by atoms with Gasteiger partial charge in [0.05, 0.1) is 5.56 Å². The second kappa shape index (κ2) is 7.16. The number of benzene rings is 2. The average molecular weight is 336 g/mol. The van der Waals surface area contributed by atoms with Gasteiger partial charge in [0.2, 0.25) is 5.91 Å². The topological polar surface area (TPSA) is 58.2 Å². The Morgan fingerprint density at radius 2 is 1.58 bits per heavy atom. The minimum absolute atomic E-state index is 0.0396. The molecule has 2 aromatic carbocycles. The highest BCUT2D eigenvalue weighted by atomic mass is 19.4. The van der Waals surface area contributed by atoms with Gasteiger partial charge in [-0.15, -0.1) is 0 Å². The highest BCUT2D eigenvalue weighted by Crippen LogP contribution is 2.30. The fourth-order valence-corrected chi connectivity index (χ4v) is 1.96. The van der Waals surface area contributed by atoms with Crippen molar-refractivity contribution >= 4 is 23.2 Å². The van der Waals surface area contributed by atoms with Crippen molar-refractivity contribution in [2.24, 2.45) is 0 Å². The first kappa shape index (κ1) is 17.5. The Morgan fingerprint density at radius 3 is 2.21 bits per heavy atom. The molecule has 0 saturated carbocycles. The molecule has 0 spiro atoms. The molecule has 2 amide bonds. The molecule has 0 aromatic heterocycles. The number of amides is 2. The molecule has 0 radical (unpaired) electrons. The van der Waals surface area contributed by atoms with Crippen LogP contribution in [0, 0.1) is 0 Å². The zero-order chi connectivity index (χ0) is 17.7. The summed E-state index contributed by atoms with van der Waals surface area (Å²) in [5, 5.41) is 5.03. The Hall–Kier alpha value is -2.83. The maximum Gasteiger partial charge on any atom is 0.416 e. The lowest BCUT2D eigenvalue weighted by Gasteiger charge is -2.10. The van der Waals surface area contributed by atoms with Gasteiger partial charge < -0.3 is 10.6 Å². The van der Waals surface area contributed by atoms with Gasteiger partial charge in [0.1, 0.15) is 0 Å². The number of anilines is 2. The fraction of sp³-hybridized carbons (Fsp3) is 0.176. The zero-order valence-corrected chi connectivity index (χ0v) is 12.8. The van der Waals surface area contributed by atoms with Crippen LogP contribution in [0.2, 0.25) is 0 Å². The molecule has 7 heteroatoms. The van der Waals surface area contributed by atoms with Crippen LogP contribution in [-0.4, -0.2) is 11.8 Å². The van der Waals surface area contributed by atoms with Gasteiger partial charge in [-0.3, -0.25) is 9.59 Å². The summed E-state index contributed by atoms with van der Waals surface area (Å²) in [5.41, 5.74) is -0.137. The van der Waals surface area contributed by atoms with Crippen LogP contribution in [0.5, 0.6) is 0 Å². The maximum atomic E-state index is 12.7. The number of hydrogen-bond donors (Lipinski definition) is 2. The highest BCUT2D eigenvalue weighted by molar-refractivity contribution is 6.05. The summed E-state index contributed by atoms with van der Waals surface area (Å²) < 4.78 is 38.0. The lowest BCUT2D eigenvalue weighted by atomic mass is 10.1. The molecule has 4 nitrogen and oxygen atoms in total. The van der Waals surface area contributed by atoms with Crippen molar-refractivity contribution in [3.05, 3.63) is 59.7 Å². The van der Waals surface area contributed by atoms with E-state index in [0.717, 1.165) is 12.1 Å². The third kappa shape index (κ3) is 4.58. The molecule has 0 atom stereocenters. The van der Waals surface area contributed by atoms with Gasteiger partial charge in [0.25, 0.3) is 5.91 Å². The quantitative estimate of drug-likeness (QED) is 0.874. The number of carbonyl (C=O) groups is 2. The monoisotopic (exact) mass is 336 g/mol.